The van der Waals surface area contributed by atoms with Gasteiger partial charge in [0, 0.05) is 12.7 Å². The number of fused-ring (bicyclic) bond motifs is 1. The molecule has 0 saturated carbocycles. The van der Waals surface area contributed by atoms with Crippen molar-refractivity contribution in [3.8, 4) is 0 Å². The summed E-state index contributed by atoms with van der Waals surface area (Å²) in [5.74, 6) is -1.24. The molecule has 1 aliphatic rings. The van der Waals surface area contributed by atoms with Crippen molar-refractivity contribution < 1.29 is 14.7 Å². The Labute approximate surface area is 146 Å². The lowest BCUT2D eigenvalue weighted by atomic mass is 9.79. The monoisotopic (exact) mass is 341 g/mol. The van der Waals surface area contributed by atoms with Crippen LogP contribution in [0.25, 0.3) is 0 Å². The Balaban J connectivity index is 1.72. The number of nitrogens with zero attached hydrogens (tertiary/aromatic N) is 2. The van der Waals surface area contributed by atoms with Gasteiger partial charge in [-0.15, -0.1) is 0 Å². The minimum Gasteiger partial charge on any atom is -0.480 e. The lowest BCUT2D eigenvalue weighted by Gasteiger charge is -2.28. The van der Waals surface area contributed by atoms with E-state index < -0.39 is 17.9 Å². The van der Waals surface area contributed by atoms with Gasteiger partial charge in [0.2, 0.25) is 0 Å². The molecule has 0 aliphatic heterocycles. The minimum absolute atomic E-state index is 0.157. The van der Waals surface area contributed by atoms with Gasteiger partial charge in [-0.05, 0) is 49.7 Å². The van der Waals surface area contributed by atoms with E-state index in [1.807, 2.05) is 19.1 Å². The third kappa shape index (κ3) is 3.90. The number of nitrogens with one attached hydrogen (secondary N) is 1. The first-order valence-electron chi connectivity index (χ1n) is 8.72. The Bertz CT molecular complexity index is 769. The second-order valence-electron chi connectivity index (χ2n) is 6.47. The fourth-order valence-electron chi connectivity index (χ4n) is 3.50. The van der Waals surface area contributed by atoms with Crippen LogP contribution in [-0.2, 0) is 17.8 Å². The lowest BCUT2D eigenvalue weighted by Crippen LogP contribution is -2.42. The fraction of sp³-hybridized carbons (Fsp3) is 0.421. The zero-order valence-corrected chi connectivity index (χ0v) is 14.3. The quantitative estimate of drug-likeness (QED) is 0.846. The Kier molecular flexibility index (Phi) is 5.16. The number of aryl methyl sites for hydroxylation is 2. The number of hydrogen-bond donors (Lipinski definition) is 2. The summed E-state index contributed by atoms with van der Waals surface area (Å²) in [6, 6.07) is 7.28. The molecule has 6 nitrogen and oxygen atoms in total. The molecule has 2 atom stereocenters. The number of aromatic nitrogens is 2. The number of carbonyl (C=O) groups excluding carboxylic acids is 1. The van der Waals surface area contributed by atoms with E-state index in [1.165, 1.54) is 17.3 Å². The van der Waals surface area contributed by atoms with Gasteiger partial charge in [-0.25, -0.2) is 4.79 Å². The number of carbonyl (C=O) groups is 2. The van der Waals surface area contributed by atoms with Gasteiger partial charge >= 0.3 is 5.97 Å². The molecule has 0 fully saturated rings. The first-order valence-corrected chi connectivity index (χ1v) is 8.72. The van der Waals surface area contributed by atoms with E-state index in [4.69, 9.17) is 0 Å². The molecule has 1 amide bonds. The maximum Gasteiger partial charge on any atom is 0.326 e. The zero-order chi connectivity index (χ0) is 17.8. The molecule has 6 heteroatoms. The third-order valence-corrected chi connectivity index (χ3v) is 4.84. The summed E-state index contributed by atoms with van der Waals surface area (Å²) in [6.07, 6.45) is 6.53. The van der Waals surface area contributed by atoms with Gasteiger partial charge in [-0.1, -0.05) is 24.3 Å². The summed E-state index contributed by atoms with van der Waals surface area (Å²) in [5.41, 5.74) is 2.89. The average Bonchev–Trinajstić information content (AvgIpc) is 3.10. The predicted octanol–water partition coefficient (Wildman–Crippen LogP) is 2.60. The standard InChI is InChI=1S/C19H23N3O3/c1-2-22-12-15(11-20-22)18(23)21-17(19(24)25)10-14-8-5-7-13-6-3-4-9-16(13)14/h3-4,6,9,11-12,14,17H,2,5,7-8,10H2,1H3,(H,21,23)(H,24,25). The summed E-state index contributed by atoms with van der Waals surface area (Å²) in [7, 11) is 0. The smallest absolute Gasteiger partial charge is 0.326 e. The molecule has 1 aromatic carbocycles. The van der Waals surface area contributed by atoms with Gasteiger partial charge in [-0.2, -0.15) is 5.10 Å². The minimum atomic E-state index is -1.00. The average molecular weight is 341 g/mol. The molecule has 2 N–H and O–H groups in total. The lowest BCUT2D eigenvalue weighted by molar-refractivity contribution is -0.139. The van der Waals surface area contributed by atoms with Crippen molar-refractivity contribution >= 4 is 11.9 Å². The highest BCUT2D eigenvalue weighted by Crippen LogP contribution is 2.34. The van der Waals surface area contributed by atoms with Gasteiger partial charge in [0.25, 0.3) is 5.91 Å². The highest BCUT2D eigenvalue weighted by molar-refractivity contribution is 5.96. The molecule has 25 heavy (non-hydrogen) atoms. The number of carboxylic acids is 1. The van der Waals surface area contributed by atoms with E-state index in [-0.39, 0.29) is 5.92 Å². The van der Waals surface area contributed by atoms with Crippen LogP contribution >= 0.6 is 0 Å². The van der Waals surface area contributed by atoms with Crippen LogP contribution in [0.5, 0.6) is 0 Å². The summed E-state index contributed by atoms with van der Waals surface area (Å²) in [6.45, 7) is 2.59. The number of amides is 1. The van der Waals surface area contributed by atoms with Gasteiger partial charge in [0.05, 0.1) is 11.8 Å². The number of carboxylic acid groups (broad SMARTS) is 1. The van der Waals surface area contributed by atoms with Gasteiger partial charge < -0.3 is 10.4 Å². The summed E-state index contributed by atoms with van der Waals surface area (Å²) in [4.78, 5) is 24.0. The normalized spacial score (nSPS) is 17.6. The van der Waals surface area contributed by atoms with Crippen molar-refractivity contribution in [2.24, 2.45) is 0 Å². The zero-order valence-electron chi connectivity index (χ0n) is 14.3. The van der Waals surface area contributed by atoms with Crippen LogP contribution in [0.4, 0.5) is 0 Å². The summed E-state index contributed by atoms with van der Waals surface area (Å²) < 4.78 is 1.64. The summed E-state index contributed by atoms with van der Waals surface area (Å²) in [5, 5.41) is 16.3. The number of aliphatic carboxylic acids is 1. The second-order valence-corrected chi connectivity index (χ2v) is 6.47. The molecule has 2 unspecified atom stereocenters. The van der Waals surface area contributed by atoms with Crippen molar-refractivity contribution in [3.05, 3.63) is 53.3 Å². The maximum atomic E-state index is 12.3. The Morgan fingerprint density at radius 1 is 1.40 bits per heavy atom. The van der Waals surface area contributed by atoms with E-state index in [9.17, 15) is 14.7 Å². The van der Waals surface area contributed by atoms with Crippen LogP contribution in [0.15, 0.2) is 36.7 Å². The molecule has 1 aliphatic carbocycles. The van der Waals surface area contributed by atoms with Crippen molar-refractivity contribution in [2.75, 3.05) is 0 Å². The van der Waals surface area contributed by atoms with E-state index in [0.29, 0.717) is 18.5 Å². The first kappa shape index (κ1) is 17.2. The maximum absolute atomic E-state index is 12.3. The molecule has 0 bridgehead atoms. The van der Waals surface area contributed by atoms with E-state index in [2.05, 4.69) is 22.5 Å². The molecule has 0 radical (unpaired) electrons. The molecule has 3 rings (SSSR count). The molecule has 0 spiro atoms. The van der Waals surface area contributed by atoms with Gasteiger partial charge in [0.1, 0.15) is 6.04 Å². The molecule has 1 heterocycles. The van der Waals surface area contributed by atoms with Crippen LogP contribution in [0.3, 0.4) is 0 Å². The SMILES string of the molecule is CCn1cc(C(=O)NC(CC2CCCc3ccccc32)C(=O)O)cn1. The van der Waals surface area contributed by atoms with Crippen LogP contribution in [-0.4, -0.2) is 32.8 Å². The Hall–Kier alpha value is -2.63. The predicted molar refractivity (Wildman–Crippen MR) is 93.5 cm³/mol. The van der Waals surface area contributed by atoms with Crippen molar-refractivity contribution in [1.29, 1.82) is 0 Å². The van der Waals surface area contributed by atoms with Crippen molar-refractivity contribution in [3.63, 3.8) is 0 Å². The number of rotatable bonds is 6. The van der Waals surface area contributed by atoms with Crippen molar-refractivity contribution in [1.82, 2.24) is 15.1 Å². The number of hydrogen-bond acceptors (Lipinski definition) is 3. The van der Waals surface area contributed by atoms with Gasteiger partial charge in [0.15, 0.2) is 0 Å². The molecule has 2 aromatic rings. The van der Waals surface area contributed by atoms with Crippen LogP contribution in [0, 0.1) is 0 Å². The topological polar surface area (TPSA) is 84.2 Å². The molecule has 1 aromatic heterocycles. The first-order chi connectivity index (χ1) is 12.1. The van der Waals surface area contributed by atoms with Crippen molar-refractivity contribution in [2.45, 2.75) is 51.1 Å². The second kappa shape index (κ2) is 7.51. The van der Waals surface area contributed by atoms with E-state index in [1.54, 1.807) is 10.9 Å². The highest BCUT2D eigenvalue weighted by atomic mass is 16.4. The molecular formula is C19H23N3O3. The molecule has 0 saturated heterocycles. The molecule has 132 valence electrons. The highest BCUT2D eigenvalue weighted by Gasteiger charge is 2.28. The van der Waals surface area contributed by atoms with E-state index in [0.717, 1.165) is 19.3 Å². The number of benzene rings is 1. The van der Waals surface area contributed by atoms with Crippen LogP contribution in [0.2, 0.25) is 0 Å². The Morgan fingerprint density at radius 3 is 2.92 bits per heavy atom. The summed E-state index contributed by atoms with van der Waals surface area (Å²) >= 11 is 0. The van der Waals surface area contributed by atoms with Crippen LogP contribution in [0.1, 0.15) is 53.6 Å². The van der Waals surface area contributed by atoms with Gasteiger partial charge in [-0.3, -0.25) is 9.48 Å². The largest absolute Gasteiger partial charge is 0.480 e. The Morgan fingerprint density at radius 2 is 2.20 bits per heavy atom. The van der Waals surface area contributed by atoms with Crippen LogP contribution < -0.4 is 5.32 Å². The third-order valence-electron chi connectivity index (χ3n) is 4.84. The molecular weight excluding hydrogens is 318 g/mol. The van der Waals surface area contributed by atoms with E-state index >= 15 is 0 Å². The fourth-order valence-corrected chi connectivity index (χ4v) is 3.50.